The quantitative estimate of drug-likeness (QED) is 0.948. The molecular weight excluding hydrogens is 284 g/mol. The smallest absolute Gasteiger partial charge is 0.254 e. The first-order chi connectivity index (χ1) is 10.1. The van der Waals surface area contributed by atoms with Crippen LogP contribution in [-0.2, 0) is 12.8 Å². The number of aromatic nitrogens is 1. The molecule has 1 atom stereocenters. The van der Waals surface area contributed by atoms with Crippen molar-refractivity contribution < 1.29 is 9.53 Å². The van der Waals surface area contributed by atoms with Crippen molar-refractivity contribution in [3.8, 4) is 5.75 Å². The minimum atomic E-state index is -0.0180. The molecule has 5 heteroatoms. The fourth-order valence-electron chi connectivity index (χ4n) is 2.98. The van der Waals surface area contributed by atoms with Crippen molar-refractivity contribution in [2.45, 2.75) is 32.7 Å². The molecule has 1 aliphatic rings. The van der Waals surface area contributed by atoms with Gasteiger partial charge in [-0.2, -0.15) is 4.37 Å². The first-order valence-corrected chi connectivity index (χ1v) is 7.76. The molecule has 0 unspecified atom stereocenters. The molecule has 4 nitrogen and oxygen atoms in total. The Morgan fingerprint density at radius 1 is 1.38 bits per heavy atom. The summed E-state index contributed by atoms with van der Waals surface area (Å²) in [6.45, 7) is 3.82. The van der Waals surface area contributed by atoms with Crippen LogP contribution in [0, 0.1) is 13.8 Å². The molecule has 1 heterocycles. The van der Waals surface area contributed by atoms with Gasteiger partial charge in [-0.05, 0) is 55.4 Å². The third-order valence-corrected chi connectivity index (χ3v) is 4.81. The van der Waals surface area contributed by atoms with E-state index in [-0.39, 0.29) is 11.9 Å². The lowest BCUT2D eigenvalue weighted by atomic mass is 10.1. The molecule has 0 fully saturated rings. The maximum absolute atomic E-state index is 12.4. The summed E-state index contributed by atoms with van der Waals surface area (Å²) < 4.78 is 9.64. The number of hydrogen-bond acceptors (Lipinski definition) is 4. The summed E-state index contributed by atoms with van der Waals surface area (Å²) in [4.78, 5) is 13.4. The van der Waals surface area contributed by atoms with Crippen molar-refractivity contribution in [2.24, 2.45) is 0 Å². The van der Waals surface area contributed by atoms with Gasteiger partial charge >= 0.3 is 0 Å². The highest BCUT2D eigenvalue weighted by Crippen LogP contribution is 2.30. The van der Waals surface area contributed by atoms with Crippen LogP contribution in [0.2, 0.25) is 0 Å². The number of methoxy groups -OCH3 is 1. The van der Waals surface area contributed by atoms with E-state index in [4.69, 9.17) is 4.74 Å². The van der Waals surface area contributed by atoms with Crippen LogP contribution < -0.4 is 10.1 Å². The fraction of sp³-hybridized carbons (Fsp3) is 0.375. The highest BCUT2D eigenvalue weighted by Gasteiger charge is 2.27. The molecule has 0 aliphatic heterocycles. The molecule has 0 radical (unpaired) electrons. The SMILES string of the molecule is COc1cccc2c1C[C@H](NC(=O)c1c(C)nsc1C)C2. The first-order valence-electron chi connectivity index (χ1n) is 6.98. The fourth-order valence-corrected chi connectivity index (χ4v) is 3.67. The van der Waals surface area contributed by atoms with Crippen molar-refractivity contribution in [3.05, 3.63) is 45.5 Å². The van der Waals surface area contributed by atoms with E-state index >= 15 is 0 Å². The number of fused-ring (bicyclic) bond motifs is 1. The number of aryl methyl sites for hydroxylation is 2. The lowest BCUT2D eigenvalue weighted by molar-refractivity contribution is 0.0937. The normalized spacial score (nSPS) is 16.6. The Morgan fingerprint density at radius 3 is 2.86 bits per heavy atom. The molecule has 1 aromatic carbocycles. The zero-order chi connectivity index (χ0) is 15.0. The van der Waals surface area contributed by atoms with Crippen LogP contribution in [0.3, 0.4) is 0 Å². The van der Waals surface area contributed by atoms with Gasteiger partial charge in [0.1, 0.15) is 5.75 Å². The minimum Gasteiger partial charge on any atom is -0.496 e. The zero-order valence-corrected chi connectivity index (χ0v) is 13.2. The van der Waals surface area contributed by atoms with Gasteiger partial charge in [0.2, 0.25) is 0 Å². The molecule has 0 bridgehead atoms. The van der Waals surface area contributed by atoms with Crippen LogP contribution in [0.4, 0.5) is 0 Å². The number of carbonyl (C=O) groups excluding carboxylic acids is 1. The van der Waals surface area contributed by atoms with Crippen LogP contribution in [0.25, 0.3) is 0 Å². The molecule has 1 amide bonds. The Kier molecular flexibility index (Phi) is 3.68. The van der Waals surface area contributed by atoms with Gasteiger partial charge in [0.25, 0.3) is 5.91 Å². The van der Waals surface area contributed by atoms with E-state index < -0.39 is 0 Å². The predicted octanol–water partition coefficient (Wildman–Crippen LogP) is 2.67. The summed E-state index contributed by atoms with van der Waals surface area (Å²) in [5, 5.41) is 3.13. The van der Waals surface area contributed by atoms with E-state index in [1.165, 1.54) is 22.7 Å². The molecule has 1 aromatic heterocycles. The van der Waals surface area contributed by atoms with Crippen molar-refractivity contribution in [3.63, 3.8) is 0 Å². The summed E-state index contributed by atoms with van der Waals surface area (Å²) in [7, 11) is 1.69. The van der Waals surface area contributed by atoms with Crippen molar-refractivity contribution in [1.29, 1.82) is 0 Å². The van der Waals surface area contributed by atoms with E-state index in [0.717, 1.165) is 34.7 Å². The molecule has 2 aromatic rings. The average Bonchev–Trinajstić information content (AvgIpc) is 3.01. The molecule has 110 valence electrons. The number of hydrogen-bond donors (Lipinski definition) is 1. The lowest BCUT2D eigenvalue weighted by Gasteiger charge is -2.12. The van der Waals surface area contributed by atoms with Crippen LogP contribution in [0.15, 0.2) is 18.2 Å². The van der Waals surface area contributed by atoms with E-state index in [1.807, 2.05) is 26.0 Å². The van der Waals surface area contributed by atoms with Gasteiger partial charge in [-0.3, -0.25) is 4.79 Å². The molecule has 21 heavy (non-hydrogen) atoms. The largest absolute Gasteiger partial charge is 0.496 e. The van der Waals surface area contributed by atoms with Gasteiger partial charge in [-0.25, -0.2) is 0 Å². The second kappa shape index (κ2) is 5.48. The number of rotatable bonds is 3. The topological polar surface area (TPSA) is 51.2 Å². The standard InChI is InChI=1S/C16H18N2O2S/c1-9-15(10(2)21-18-9)16(19)17-12-7-11-5-4-6-14(20-3)13(11)8-12/h4-6,12H,7-8H2,1-3H3,(H,17,19)/t12-/m1/s1. The Morgan fingerprint density at radius 2 is 2.19 bits per heavy atom. The zero-order valence-electron chi connectivity index (χ0n) is 12.4. The van der Waals surface area contributed by atoms with E-state index in [0.29, 0.717) is 0 Å². The highest BCUT2D eigenvalue weighted by molar-refractivity contribution is 7.06. The second-order valence-electron chi connectivity index (χ2n) is 5.38. The predicted molar refractivity (Wildman–Crippen MR) is 83.2 cm³/mol. The maximum atomic E-state index is 12.4. The van der Waals surface area contributed by atoms with Gasteiger partial charge in [0.05, 0.1) is 18.4 Å². The van der Waals surface area contributed by atoms with Gasteiger partial charge in [0, 0.05) is 10.9 Å². The van der Waals surface area contributed by atoms with Crippen molar-refractivity contribution in [1.82, 2.24) is 9.69 Å². The van der Waals surface area contributed by atoms with E-state index in [1.54, 1.807) is 7.11 Å². The molecule has 0 saturated carbocycles. The van der Waals surface area contributed by atoms with Crippen molar-refractivity contribution in [2.75, 3.05) is 7.11 Å². The second-order valence-corrected chi connectivity index (χ2v) is 6.35. The molecule has 0 saturated heterocycles. The number of benzene rings is 1. The van der Waals surface area contributed by atoms with E-state index in [2.05, 4.69) is 15.8 Å². The Balaban J connectivity index is 1.76. The summed E-state index contributed by atoms with van der Waals surface area (Å²) in [5.74, 6) is 0.893. The van der Waals surface area contributed by atoms with E-state index in [9.17, 15) is 4.79 Å². The number of nitrogens with zero attached hydrogens (tertiary/aromatic N) is 1. The summed E-state index contributed by atoms with van der Waals surface area (Å²) in [6, 6.07) is 6.20. The first kappa shape index (κ1) is 14.1. The monoisotopic (exact) mass is 302 g/mol. The number of amides is 1. The molecule has 1 N–H and O–H groups in total. The summed E-state index contributed by atoms with van der Waals surface area (Å²) >= 11 is 1.38. The third kappa shape index (κ3) is 2.53. The van der Waals surface area contributed by atoms with Crippen LogP contribution in [0.5, 0.6) is 5.75 Å². The van der Waals surface area contributed by atoms with Crippen LogP contribution in [0.1, 0.15) is 32.1 Å². The third-order valence-electron chi connectivity index (χ3n) is 3.96. The minimum absolute atomic E-state index is 0.0180. The maximum Gasteiger partial charge on any atom is 0.254 e. The average molecular weight is 302 g/mol. The summed E-state index contributed by atoms with van der Waals surface area (Å²) in [6.07, 6.45) is 1.68. The van der Waals surface area contributed by atoms with Crippen molar-refractivity contribution >= 4 is 17.4 Å². The highest BCUT2D eigenvalue weighted by atomic mass is 32.1. The lowest BCUT2D eigenvalue weighted by Crippen LogP contribution is -2.35. The number of ether oxygens (including phenoxy) is 1. The van der Waals surface area contributed by atoms with Gasteiger partial charge in [0.15, 0.2) is 0 Å². The summed E-state index contributed by atoms with van der Waals surface area (Å²) in [5.41, 5.74) is 4.00. The van der Waals surface area contributed by atoms with Gasteiger partial charge in [-0.15, -0.1) is 0 Å². The van der Waals surface area contributed by atoms with Gasteiger partial charge < -0.3 is 10.1 Å². The molecular formula is C16H18N2O2S. The molecule has 3 rings (SSSR count). The Hall–Kier alpha value is -1.88. The molecule has 1 aliphatic carbocycles. The Bertz CT molecular complexity index is 674. The van der Waals surface area contributed by atoms with Gasteiger partial charge in [-0.1, -0.05) is 12.1 Å². The molecule has 0 spiro atoms. The number of carbonyl (C=O) groups is 1. The number of nitrogens with one attached hydrogen (secondary N) is 1. The van der Waals surface area contributed by atoms with Crippen LogP contribution in [-0.4, -0.2) is 23.4 Å². The Labute approximate surface area is 128 Å². The van der Waals surface area contributed by atoms with Crippen LogP contribution >= 0.6 is 11.5 Å².